The summed E-state index contributed by atoms with van der Waals surface area (Å²) in [4.78, 5) is 5.10. The highest BCUT2D eigenvalue weighted by atomic mass is 28.3. The molecular formula is C22H34N6Si2. The van der Waals surface area contributed by atoms with E-state index >= 15 is 0 Å². The summed E-state index contributed by atoms with van der Waals surface area (Å²) in [6.07, 6.45) is 13.5. The third-order valence-corrected chi connectivity index (χ3v) is 15.2. The molecule has 1 unspecified atom stereocenters. The Balaban J connectivity index is 2.78. The Morgan fingerprint density at radius 3 is 1.77 bits per heavy atom. The maximum Gasteiger partial charge on any atom is 0.201 e. The molecule has 1 aliphatic rings. The minimum Gasteiger partial charge on any atom is -0.357 e. The van der Waals surface area contributed by atoms with Crippen LogP contribution in [0.4, 0.5) is 0 Å². The fourth-order valence-electron chi connectivity index (χ4n) is 4.32. The van der Waals surface area contributed by atoms with Crippen molar-refractivity contribution < 1.29 is 0 Å². The zero-order chi connectivity index (χ0) is 22.3. The SMILES string of the molecule is C=CC[Si](CC=C)(CC=C)n1nnc2c1=NC(N)([Si](CC=C)(CC=C)CC=C)NC=2. The Bertz CT molecular complexity index is 894. The molecule has 1 aliphatic heterocycles. The minimum absolute atomic E-state index is 0.698. The topological polar surface area (TPSA) is 81.1 Å². The van der Waals surface area contributed by atoms with E-state index in [0.717, 1.165) is 41.8 Å². The number of rotatable bonds is 14. The lowest BCUT2D eigenvalue weighted by Crippen LogP contribution is -2.72. The van der Waals surface area contributed by atoms with Crippen LogP contribution >= 0.6 is 0 Å². The van der Waals surface area contributed by atoms with E-state index < -0.39 is 21.7 Å². The van der Waals surface area contributed by atoms with Crippen molar-refractivity contribution in [2.24, 2.45) is 10.7 Å². The lowest BCUT2D eigenvalue weighted by molar-refractivity contribution is 0.515. The Morgan fingerprint density at radius 2 is 1.33 bits per heavy atom. The Hall–Kier alpha value is -2.56. The van der Waals surface area contributed by atoms with Crippen LogP contribution in [0.2, 0.25) is 36.3 Å². The second kappa shape index (κ2) is 9.97. The van der Waals surface area contributed by atoms with E-state index in [1.54, 1.807) is 0 Å². The van der Waals surface area contributed by atoms with Gasteiger partial charge in [0.2, 0.25) is 8.24 Å². The predicted molar refractivity (Wildman–Crippen MR) is 132 cm³/mol. The van der Waals surface area contributed by atoms with Crippen LogP contribution in [0.3, 0.4) is 0 Å². The van der Waals surface area contributed by atoms with Crippen LogP contribution in [-0.4, -0.2) is 36.4 Å². The third-order valence-electron chi connectivity index (χ3n) is 5.82. The molecule has 0 fully saturated rings. The summed E-state index contributed by atoms with van der Waals surface area (Å²) in [7, 11) is -4.53. The average molecular weight is 439 g/mol. The van der Waals surface area contributed by atoms with Crippen molar-refractivity contribution in [2.75, 3.05) is 0 Å². The molecule has 30 heavy (non-hydrogen) atoms. The smallest absolute Gasteiger partial charge is 0.201 e. The number of hydrogen-bond donors (Lipinski definition) is 2. The highest BCUT2D eigenvalue weighted by Gasteiger charge is 2.50. The number of aromatic nitrogens is 3. The summed E-state index contributed by atoms with van der Waals surface area (Å²) in [5.74, 6) is 0. The zero-order valence-electron chi connectivity index (χ0n) is 17.9. The highest BCUT2D eigenvalue weighted by Crippen LogP contribution is 2.32. The minimum atomic E-state index is -2.30. The molecule has 1 aromatic rings. The number of nitrogens with two attached hydrogens (primary N) is 1. The number of nitrogens with one attached hydrogen (secondary N) is 1. The summed E-state index contributed by atoms with van der Waals surface area (Å²) in [6, 6.07) is 4.81. The molecule has 0 aromatic carbocycles. The molecule has 8 heteroatoms. The van der Waals surface area contributed by atoms with E-state index in [1.807, 2.05) is 47.0 Å². The lowest BCUT2D eigenvalue weighted by Gasteiger charge is -2.44. The van der Waals surface area contributed by atoms with Gasteiger partial charge in [-0.2, -0.15) is 0 Å². The number of allylic oxidation sites excluding steroid dienone is 6. The summed E-state index contributed by atoms with van der Waals surface area (Å²) in [6.45, 7) is 23.9. The maximum absolute atomic E-state index is 7.00. The Morgan fingerprint density at radius 1 is 0.867 bits per heavy atom. The van der Waals surface area contributed by atoms with Crippen molar-refractivity contribution in [1.29, 1.82) is 0 Å². The van der Waals surface area contributed by atoms with Crippen LogP contribution in [-0.2, 0) is 0 Å². The average Bonchev–Trinajstić information content (AvgIpc) is 3.12. The van der Waals surface area contributed by atoms with Crippen LogP contribution in [0.25, 0.3) is 6.20 Å². The summed E-state index contributed by atoms with van der Waals surface area (Å²) < 4.78 is 2.02. The van der Waals surface area contributed by atoms with Gasteiger partial charge in [-0.25, -0.2) is 4.99 Å². The molecule has 0 radical (unpaired) electrons. The molecule has 6 nitrogen and oxygen atoms in total. The van der Waals surface area contributed by atoms with Gasteiger partial charge in [-0.1, -0.05) is 41.7 Å². The second-order valence-electron chi connectivity index (χ2n) is 7.84. The number of hydrogen-bond acceptors (Lipinski definition) is 5. The molecule has 0 amide bonds. The lowest BCUT2D eigenvalue weighted by atomic mass is 10.5. The van der Waals surface area contributed by atoms with Gasteiger partial charge in [-0.05, 0) is 36.3 Å². The van der Waals surface area contributed by atoms with Gasteiger partial charge in [0.1, 0.15) is 13.4 Å². The molecule has 3 N–H and O–H groups in total. The van der Waals surface area contributed by atoms with Crippen molar-refractivity contribution in [2.45, 2.75) is 41.7 Å². The monoisotopic (exact) mass is 438 g/mol. The van der Waals surface area contributed by atoms with E-state index in [9.17, 15) is 0 Å². The molecule has 2 heterocycles. The predicted octanol–water partition coefficient (Wildman–Crippen LogP) is 2.75. The van der Waals surface area contributed by atoms with E-state index in [0.29, 0.717) is 5.35 Å². The number of fused-ring (bicyclic) bond motifs is 1. The van der Waals surface area contributed by atoms with Crippen LogP contribution in [0, 0.1) is 0 Å². The first-order chi connectivity index (χ1) is 14.4. The summed E-state index contributed by atoms with van der Waals surface area (Å²) in [5, 5.41) is 13.0. The molecule has 0 saturated carbocycles. The Labute approximate surface area is 181 Å². The van der Waals surface area contributed by atoms with Crippen LogP contribution in [0.5, 0.6) is 0 Å². The molecule has 1 atom stereocenters. The standard InChI is InChI=1S/C22H34N6Si2/c1-7-13-29(14-8-2,15-9-3)22(23)24-19-20-21(25-22)28(27-26-20)30(16-10-4,17-11-5)18-12-6/h7-12,19,24H,1-6,13-18,23H2. The van der Waals surface area contributed by atoms with Gasteiger partial charge >= 0.3 is 0 Å². The van der Waals surface area contributed by atoms with Crippen molar-refractivity contribution in [3.63, 3.8) is 0 Å². The largest absolute Gasteiger partial charge is 0.357 e. The molecule has 1 aromatic heterocycles. The van der Waals surface area contributed by atoms with Crippen molar-refractivity contribution >= 4 is 22.5 Å². The van der Waals surface area contributed by atoms with Gasteiger partial charge in [-0.3, -0.25) is 10.1 Å². The van der Waals surface area contributed by atoms with E-state index in [2.05, 4.69) is 55.1 Å². The van der Waals surface area contributed by atoms with E-state index in [4.69, 9.17) is 10.7 Å². The maximum atomic E-state index is 7.00. The van der Waals surface area contributed by atoms with Crippen LogP contribution in [0.1, 0.15) is 0 Å². The molecular weight excluding hydrogens is 404 g/mol. The quantitative estimate of drug-likeness (QED) is 0.346. The van der Waals surface area contributed by atoms with E-state index in [1.165, 1.54) is 0 Å². The number of nitrogens with zero attached hydrogens (tertiary/aromatic N) is 4. The molecule has 0 spiro atoms. The van der Waals surface area contributed by atoms with Gasteiger partial charge in [-0.15, -0.1) is 44.6 Å². The normalized spacial score (nSPS) is 18.0. The molecule has 0 saturated heterocycles. The van der Waals surface area contributed by atoms with Gasteiger partial charge in [0.25, 0.3) is 0 Å². The highest BCUT2D eigenvalue weighted by molar-refractivity contribution is 6.84. The van der Waals surface area contributed by atoms with Crippen LogP contribution < -0.4 is 21.9 Å². The van der Waals surface area contributed by atoms with Crippen molar-refractivity contribution in [3.8, 4) is 0 Å². The summed E-state index contributed by atoms with van der Waals surface area (Å²) in [5.41, 5.74) is 6.77. The van der Waals surface area contributed by atoms with Crippen LogP contribution in [0.15, 0.2) is 80.9 Å². The second-order valence-corrected chi connectivity index (χ2v) is 16.5. The Kier molecular flexibility index (Phi) is 7.88. The molecule has 0 bridgehead atoms. The van der Waals surface area contributed by atoms with Gasteiger partial charge in [0, 0.05) is 6.20 Å². The third kappa shape index (κ3) is 4.16. The fraction of sp³-hybridized carbons (Fsp3) is 0.318. The van der Waals surface area contributed by atoms with E-state index in [-0.39, 0.29) is 0 Å². The van der Waals surface area contributed by atoms with Crippen molar-refractivity contribution in [1.82, 2.24) is 20.0 Å². The van der Waals surface area contributed by atoms with Gasteiger partial charge in [0.15, 0.2) is 10.9 Å². The molecule has 2 rings (SSSR count). The molecule has 0 aliphatic carbocycles. The van der Waals surface area contributed by atoms with Gasteiger partial charge in [0.05, 0.1) is 0 Å². The van der Waals surface area contributed by atoms with Crippen molar-refractivity contribution in [3.05, 3.63) is 86.8 Å². The fourth-order valence-corrected chi connectivity index (χ4v) is 11.6. The first-order valence-corrected chi connectivity index (χ1v) is 15.3. The summed E-state index contributed by atoms with van der Waals surface area (Å²) >= 11 is 0. The molecule has 160 valence electrons. The first kappa shape index (κ1) is 23.7. The van der Waals surface area contributed by atoms with Gasteiger partial charge < -0.3 is 5.32 Å². The zero-order valence-corrected chi connectivity index (χ0v) is 19.9. The first-order valence-electron chi connectivity index (χ1n) is 10.2.